The molecule has 0 unspecified atom stereocenters. The summed E-state index contributed by atoms with van der Waals surface area (Å²) in [4.78, 5) is 18.2. The summed E-state index contributed by atoms with van der Waals surface area (Å²) in [5.41, 5.74) is 11.3. The van der Waals surface area contributed by atoms with Gasteiger partial charge in [-0.15, -0.1) is 0 Å². The van der Waals surface area contributed by atoms with Crippen molar-refractivity contribution in [3.8, 4) is 28.5 Å². The van der Waals surface area contributed by atoms with Crippen molar-refractivity contribution in [1.29, 1.82) is 0 Å². The number of nitrogens with two attached hydrogens (primary N) is 1. The Labute approximate surface area is 182 Å². The van der Waals surface area contributed by atoms with Gasteiger partial charge in [0.15, 0.2) is 11.5 Å². The first-order valence-corrected chi connectivity index (χ1v) is 9.94. The lowest BCUT2D eigenvalue weighted by Gasteiger charge is -2.11. The molecule has 0 aliphatic carbocycles. The van der Waals surface area contributed by atoms with E-state index in [2.05, 4.69) is 9.97 Å². The van der Waals surface area contributed by atoms with Crippen LogP contribution in [0.25, 0.3) is 39.6 Å². The van der Waals surface area contributed by atoms with Gasteiger partial charge in [-0.25, -0.2) is 15.0 Å². The number of nitrogen functional groups attached to an aromatic ring is 1. The second-order valence-corrected chi connectivity index (χ2v) is 7.37. The fraction of sp³-hybridized carbons (Fsp3) is 0.0435. The van der Waals surface area contributed by atoms with Gasteiger partial charge in [0.25, 0.3) is 0 Å². The summed E-state index contributed by atoms with van der Waals surface area (Å²) >= 11 is 5.98. The molecule has 3 N–H and O–H groups in total. The Morgan fingerprint density at radius 1 is 0.903 bits per heavy atom. The maximum atomic E-state index is 9.41. The molecule has 7 nitrogen and oxygen atoms in total. The highest BCUT2D eigenvalue weighted by Gasteiger charge is 2.18. The topological polar surface area (TPSA) is 103 Å². The normalized spacial score (nSPS) is 11.2. The van der Waals surface area contributed by atoms with E-state index in [1.165, 1.54) is 0 Å². The molecule has 4 aromatic heterocycles. The first kappa shape index (κ1) is 19.2. The largest absolute Gasteiger partial charge is 0.392 e. The third-order valence-corrected chi connectivity index (χ3v) is 5.17. The van der Waals surface area contributed by atoms with Gasteiger partial charge in [0.2, 0.25) is 0 Å². The fourth-order valence-corrected chi connectivity index (χ4v) is 3.52. The van der Waals surface area contributed by atoms with E-state index in [0.717, 1.165) is 11.3 Å². The molecular weight excluding hydrogens is 412 g/mol. The fourth-order valence-electron chi connectivity index (χ4n) is 3.41. The summed E-state index contributed by atoms with van der Waals surface area (Å²) in [6, 6.07) is 18.6. The minimum Gasteiger partial charge on any atom is -0.392 e. The van der Waals surface area contributed by atoms with Crippen molar-refractivity contribution in [1.82, 2.24) is 24.5 Å². The van der Waals surface area contributed by atoms with Crippen LogP contribution in [0.1, 0.15) is 5.56 Å². The molecule has 1 aromatic carbocycles. The van der Waals surface area contributed by atoms with Gasteiger partial charge in [-0.1, -0.05) is 23.7 Å². The number of pyridine rings is 3. The number of benzene rings is 1. The third kappa shape index (κ3) is 3.50. The number of imidazole rings is 1. The molecule has 0 saturated heterocycles. The first-order chi connectivity index (χ1) is 15.1. The number of halogens is 1. The van der Waals surface area contributed by atoms with Gasteiger partial charge in [0, 0.05) is 18.1 Å². The molecule has 0 bridgehead atoms. The molecule has 0 atom stereocenters. The van der Waals surface area contributed by atoms with E-state index in [1.54, 1.807) is 18.5 Å². The summed E-state index contributed by atoms with van der Waals surface area (Å²) in [5.74, 6) is 1.01. The molecular formula is C23H17ClN6O. The zero-order valence-corrected chi connectivity index (χ0v) is 17.0. The molecule has 8 heteroatoms. The highest BCUT2D eigenvalue weighted by molar-refractivity contribution is 6.30. The van der Waals surface area contributed by atoms with E-state index < -0.39 is 0 Å². The van der Waals surface area contributed by atoms with Gasteiger partial charge < -0.3 is 10.8 Å². The van der Waals surface area contributed by atoms with E-state index in [9.17, 15) is 5.11 Å². The van der Waals surface area contributed by atoms with Crippen LogP contribution in [0.5, 0.6) is 0 Å². The summed E-state index contributed by atoms with van der Waals surface area (Å²) in [5, 5.41) is 9.97. The molecule has 0 aliphatic rings. The molecule has 0 fully saturated rings. The summed E-state index contributed by atoms with van der Waals surface area (Å²) in [6.45, 7) is -0.0298. The maximum Gasteiger partial charge on any atom is 0.165 e. The quantitative estimate of drug-likeness (QED) is 0.443. The molecule has 0 spiro atoms. The Hall–Kier alpha value is -3.81. The van der Waals surface area contributed by atoms with E-state index in [4.69, 9.17) is 27.3 Å². The zero-order valence-electron chi connectivity index (χ0n) is 16.3. The molecule has 152 valence electrons. The molecule has 0 radical (unpaired) electrons. The number of fused-ring (bicyclic) bond motifs is 1. The molecule has 5 aromatic rings. The summed E-state index contributed by atoms with van der Waals surface area (Å²) in [6.07, 6.45) is 3.24. The number of aromatic nitrogens is 5. The Balaban J connectivity index is 1.77. The molecule has 5 rings (SSSR count). The highest BCUT2D eigenvalue weighted by Crippen LogP contribution is 2.31. The summed E-state index contributed by atoms with van der Waals surface area (Å²) in [7, 11) is 0. The molecule has 4 heterocycles. The van der Waals surface area contributed by atoms with Crippen LogP contribution >= 0.6 is 11.6 Å². The van der Waals surface area contributed by atoms with Gasteiger partial charge in [0.05, 0.1) is 28.6 Å². The number of rotatable bonds is 4. The van der Waals surface area contributed by atoms with Gasteiger partial charge in [-0.2, -0.15) is 0 Å². The Bertz CT molecular complexity index is 1380. The van der Waals surface area contributed by atoms with Crippen molar-refractivity contribution < 1.29 is 5.11 Å². The Morgan fingerprint density at radius 2 is 1.71 bits per heavy atom. The van der Waals surface area contributed by atoms with E-state index in [-0.39, 0.29) is 6.61 Å². The number of anilines is 1. The zero-order chi connectivity index (χ0) is 21.4. The van der Waals surface area contributed by atoms with Gasteiger partial charge in [0.1, 0.15) is 11.3 Å². The lowest BCUT2D eigenvalue weighted by Crippen LogP contribution is -2.02. The smallest absolute Gasteiger partial charge is 0.165 e. The predicted molar refractivity (Wildman–Crippen MR) is 121 cm³/mol. The van der Waals surface area contributed by atoms with Crippen LogP contribution in [-0.4, -0.2) is 29.6 Å². The van der Waals surface area contributed by atoms with E-state index in [0.29, 0.717) is 44.8 Å². The molecule has 0 aliphatic heterocycles. The van der Waals surface area contributed by atoms with Gasteiger partial charge >= 0.3 is 0 Å². The Morgan fingerprint density at radius 3 is 2.42 bits per heavy atom. The highest BCUT2D eigenvalue weighted by atomic mass is 35.5. The van der Waals surface area contributed by atoms with Crippen molar-refractivity contribution in [3.05, 3.63) is 83.6 Å². The third-order valence-electron chi connectivity index (χ3n) is 4.95. The van der Waals surface area contributed by atoms with Crippen LogP contribution in [0.4, 0.5) is 5.82 Å². The lowest BCUT2D eigenvalue weighted by atomic mass is 10.2. The van der Waals surface area contributed by atoms with Crippen LogP contribution in [-0.2, 0) is 6.61 Å². The van der Waals surface area contributed by atoms with Gasteiger partial charge in [-0.3, -0.25) is 9.55 Å². The maximum absolute atomic E-state index is 9.41. The first-order valence-electron chi connectivity index (χ1n) is 9.56. The average Bonchev–Trinajstić information content (AvgIpc) is 3.18. The molecule has 31 heavy (non-hydrogen) atoms. The van der Waals surface area contributed by atoms with Crippen molar-refractivity contribution in [2.75, 3.05) is 5.73 Å². The Kier molecular flexibility index (Phi) is 4.82. The second-order valence-electron chi connectivity index (χ2n) is 6.93. The number of nitrogens with zero attached hydrogens (tertiary/aromatic N) is 5. The van der Waals surface area contributed by atoms with Crippen molar-refractivity contribution in [2.45, 2.75) is 6.61 Å². The van der Waals surface area contributed by atoms with Crippen LogP contribution in [0.2, 0.25) is 5.02 Å². The monoisotopic (exact) mass is 428 g/mol. The number of aliphatic hydroxyl groups is 1. The minimum atomic E-state index is -0.0298. The number of hydrogen-bond acceptors (Lipinski definition) is 6. The SMILES string of the molecule is Nc1ncccc1-c1nc2ccc(-c3ccc(Cl)cn3)nc2n1-c1ccc(CO)cc1. The molecule has 0 amide bonds. The number of aliphatic hydroxyl groups excluding tert-OH is 1. The van der Waals surface area contributed by atoms with E-state index >= 15 is 0 Å². The number of hydrogen-bond donors (Lipinski definition) is 2. The van der Waals surface area contributed by atoms with Crippen LogP contribution in [0.15, 0.2) is 73.1 Å². The van der Waals surface area contributed by atoms with E-state index in [1.807, 2.05) is 59.2 Å². The van der Waals surface area contributed by atoms with Crippen LogP contribution in [0.3, 0.4) is 0 Å². The minimum absolute atomic E-state index is 0.0298. The lowest BCUT2D eigenvalue weighted by molar-refractivity contribution is 0.282. The van der Waals surface area contributed by atoms with Crippen molar-refractivity contribution >= 4 is 28.6 Å². The van der Waals surface area contributed by atoms with Crippen LogP contribution in [0, 0.1) is 0 Å². The van der Waals surface area contributed by atoms with Crippen molar-refractivity contribution in [3.63, 3.8) is 0 Å². The molecule has 0 saturated carbocycles. The predicted octanol–water partition coefficient (Wildman–Crippen LogP) is 4.27. The average molecular weight is 429 g/mol. The second kappa shape index (κ2) is 7.79. The standard InChI is InChI=1S/C23H17ClN6O/c24-15-5-8-18(27-12-15)19-9-10-20-23(28-19)30(16-6-3-14(13-31)4-7-16)22(29-20)17-2-1-11-26-21(17)25/h1-12,31H,13H2,(H2,25,26). The van der Waals surface area contributed by atoms with Gasteiger partial charge in [-0.05, 0) is 54.1 Å². The van der Waals surface area contributed by atoms with Crippen LogP contribution < -0.4 is 5.73 Å². The van der Waals surface area contributed by atoms with Crippen molar-refractivity contribution in [2.24, 2.45) is 0 Å². The summed E-state index contributed by atoms with van der Waals surface area (Å²) < 4.78 is 1.93.